The number of hydrogen-bond acceptors (Lipinski definition) is 7. The minimum absolute atomic E-state index is 0.0365. The van der Waals surface area contributed by atoms with Gasteiger partial charge in [0.1, 0.15) is 23.7 Å². The highest BCUT2D eigenvalue weighted by molar-refractivity contribution is 7.13. The van der Waals surface area contributed by atoms with E-state index in [9.17, 15) is 4.79 Å². The predicted octanol–water partition coefficient (Wildman–Crippen LogP) is 5.25. The largest absolute Gasteiger partial charge is 0.489 e. The van der Waals surface area contributed by atoms with E-state index in [0.717, 1.165) is 16.9 Å². The average Bonchev–Trinajstić information content (AvgIpc) is 3.31. The van der Waals surface area contributed by atoms with Gasteiger partial charge in [0.25, 0.3) is 5.91 Å². The van der Waals surface area contributed by atoms with Gasteiger partial charge in [0.05, 0.1) is 5.56 Å². The Balaban J connectivity index is 1.31. The number of nitrogens with one attached hydrogen (secondary N) is 2. The number of amides is 1. The predicted molar refractivity (Wildman–Crippen MR) is 126 cm³/mol. The van der Waals surface area contributed by atoms with Crippen LogP contribution < -0.4 is 15.4 Å². The molecule has 8 heteroatoms. The Morgan fingerprint density at radius 1 is 1.12 bits per heavy atom. The van der Waals surface area contributed by atoms with Crippen molar-refractivity contribution in [1.29, 1.82) is 0 Å². The first-order valence-electron chi connectivity index (χ1n) is 10.2. The minimum atomic E-state index is -0.268. The lowest BCUT2D eigenvalue weighted by Crippen LogP contribution is -2.13. The van der Waals surface area contributed by atoms with Crippen molar-refractivity contribution in [1.82, 2.24) is 15.2 Å². The van der Waals surface area contributed by atoms with Gasteiger partial charge in [-0.15, -0.1) is 10.2 Å². The number of ether oxygens (including phenoxy) is 1. The van der Waals surface area contributed by atoms with Crippen molar-refractivity contribution in [2.45, 2.75) is 26.5 Å². The number of rotatable bonds is 8. The van der Waals surface area contributed by atoms with Crippen LogP contribution in [-0.2, 0) is 6.61 Å². The highest BCUT2D eigenvalue weighted by Gasteiger charge is 2.10. The standard InChI is InChI=1S/C24H23N5O2S/c1-16-4-3-5-18(12-16)14-31-21-9-6-19(7-10-21)17(2)27-22-11-8-20(13-25-22)23(30)28-24-29-26-15-32-24/h3-13,15,17H,14H2,1-2H3,(H,25,27)(H,28,29,30). The zero-order valence-corrected chi connectivity index (χ0v) is 18.6. The fourth-order valence-electron chi connectivity index (χ4n) is 3.14. The molecule has 0 aliphatic rings. The van der Waals surface area contributed by atoms with Crippen LogP contribution in [0.25, 0.3) is 0 Å². The highest BCUT2D eigenvalue weighted by Crippen LogP contribution is 2.22. The molecule has 32 heavy (non-hydrogen) atoms. The summed E-state index contributed by atoms with van der Waals surface area (Å²) in [5, 5.41) is 14.0. The maximum Gasteiger partial charge on any atom is 0.259 e. The second-order valence-corrected chi connectivity index (χ2v) is 8.18. The number of pyridine rings is 1. The summed E-state index contributed by atoms with van der Waals surface area (Å²) in [5.41, 5.74) is 5.49. The van der Waals surface area contributed by atoms with Crippen LogP contribution in [0.4, 0.5) is 10.9 Å². The molecule has 0 aliphatic carbocycles. The Morgan fingerprint density at radius 2 is 1.97 bits per heavy atom. The molecule has 1 unspecified atom stereocenters. The number of aromatic nitrogens is 3. The average molecular weight is 446 g/mol. The third-order valence-electron chi connectivity index (χ3n) is 4.84. The van der Waals surface area contributed by atoms with E-state index in [2.05, 4.69) is 57.9 Å². The molecule has 0 aliphatic heterocycles. The van der Waals surface area contributed by atoms with E-state index in [1.807, 2.05) is 30.3 Å². The third kappa shape index (κ3) is 5.67. The summed E-state index contributed by atoms with van der Waals surface area (Å²) in [6.07, 6.45) is 1.54. The molecule has 2 aromatic carbocycles. The Labute approximate surface area is 190 Å². The van der Waals surface area contributed by atoms with E-state index in [-0.39, 0.29) is 11.9 Å². The molecule has 0 saturated carbocycles. The lowest BCUT2D eigenvalue weighted by Gasteiger charge is -2.16. The number of aryl methyl sites for hydroxylation is 1. The first-order valence-corrected chi connectivity index (χ1v) is 11.0. The van der Waals surface area contributed by atoms with Crippen molar-refractivity contribution >= 4 is 28.2 Å². The van der Waals surface area contributed by atoms with Crippen LogP contribution in [0.15, 0.2) is 72.4 Å². The van der Waals surface area contributed by atoms with Crippen molar-refractivity contribution in [2.24, 2.45) is 0 Å². The summed E-state index contributed by atoms with van der Waals surface area (Å²) in [7, 11) is 0. The van der Waals surface area contributed by atoms with Gasteiger partial charge in [-0.3, -0.25) is 10.1 Å². The van der Waals surface area contributed by atoms with Gasteiger partial charge < -0.3 is 10.1 Å². The number of carbonyl (C=O) groups is 1. The molecular weight excluding hydrogens is 422 g/mol. The SMILES string of the molecule is Cc1cccc(COc2ccc(C(C)Nc3ccc(C(=O)Nc4nncs4)cn3)cc2)c1. The van der Waals surface area contributed by atoms with Gasteiger partial charge in [0.15, 0.2) is 0 Å². The zero-order chi connectivity index (χ0) is 22.3. The van der Waals surface area contributed by atoms with E-state index >= 15 is 0 Å². The van der Waals surface area contributed by atoms with Gasteiger partial charge >= 0.3 is 0 Å². The molecule has 162 valence electrons. The van der Waals surface area contributed by atoms with Gasteiger partial charge in [-0.05, 0) is 49.2 Å². The fraction of sp³-hybridized carbons (Fsp3) is 0.167. The van der Waals surface area contributed by atoms with E-state index in [4.69, 9.17) is 4.74 Å². The first-order chi connectivity index (χ1) is 15.6. The maximum absolute atomic E-state index is 12.2. The quantitative estimate of drug-likeness (QED) is 0.385. The molecule has 0 saturated heterocycles. The van der Waals surface area contributed by atoms with Gasteiger partial charge in [-0.1, -0.05) is 53.3 Å². The summed E-state index contributed by atoms with van der Waals surface area (Å²) >= 11 is 1.26. The van der Waals surface area contributed by atoms with Crippen molar-refractivity contribution in [3.63, 3.8) is 0 Å². The molecule has 0 radical (unpaired) electrons. The number of hydrogen-bond donors (Lipinski definition) is 2. The second-order valence-electron chi connectivity index (χ2n) is 7.34. The van der Waals surface area contributed by atoms with Crippen molar-refractivity contribution < 1.29 is 9.53 Å². The Morgan fingerprint density at radius 3 is 2.66 bits per heavy atom. The summed E-state index contributed by atoms with van der Waals surface area (Å²) in [6.45, 7) is 4.67. The van der Waals surface area contributed by atoms with Gasteiger partial charge in [0.2, 0.25) is 5.13 Å². The molecule has 0 spiro atoms. The summed E-state index contributed by atoms with van der Waals surface area (Å²) < 4.78 is 5.89. The molecule has 1 atom stereocenters. The summed E-state index contributed by atoms with van der Waals surface area (Å²) in [6, 6.07) is 19.8. The number of nitrogens with zero attached hydrogens (tertiary/aromatic N) is 3. The van der Waals surface area contributed by atoms with Crippen LogP contribution >= 0.6 is 11.3 Å². The maximum atomic E-state index is 12.2. The smallest absolute Gasteiger partial charge is 0.259 e. The molecule has 0 fully saturated rings. The monoisotopic (exact) mass is 445 g/mol. The highest BCUT2D eigenvalue weighted by atomic mass is 32.1. The van der Waals surface area contributed by atoms with E-state index in [0.29, 0.717) is 23.1 Å². The fourth-order valence-corrected chi connectivity index (χ4v) is 3.58. The Bertz CT molecular complexity index is 1160. The molecule has 1 amide bonds. The third-order valence-corrected chi connectivity index (χ3v) is 5.45. The van der Waals surface area contributed by atoms with Crippen LogP contribution in [0.1, 0.15) is 40.0 Å². The number of anilines is 2. The Hall–Kier alpha value is -3.78. The van der Waals surface area contributed by atoms with Crippen molar-refractivity contribution in [2.75, 3.05) is 10.6 Å². The number of benzene rings is 2. The molecule has 2 N–H and O–H groups in total. The van der Waals surface area contributed by atoms with Crippen molar-refractivity contribution in [3.8, 4) is 5.75 Å². The van der Waals surface area contributed by atoms with Crippen LogP contribution in [-0.4, -0.2) is 21.1 Å². The summed E-state index contributed by atoms with van der Waals surface area (Å²) in [5.74, 6) is 1.24. The van der Waals surface area contributed by atoms with Gasteiger partial charge in [-0.25, -0.2) is 4.98 Å². The molecule has 2 heterocycles. The van der Waals surface area contributed by atoms with Crippen LogP contribution in [0.5, 0.6) is 5.75 Å². The number of carbonyl (C=O) groups excluding carboxylic acids is 1. The molecule has 4 rings (SSSR count). The van der Waals surface area contributed by atoms with E-state index in [1.54, 1.807) is 17.6 Å². The van der Waals surface area contributed by atoms with Crippen LogP contribution in [0, 0.1) is 6.92 Å². The van der Waals surface area contributed by atoms with E-state index < -0.39 is 0 Å². The van der Waals surface area contributed by atoms with E-state index in [1.165, 1.54) is 23.1 Å². The molecular formula is C24H23N5O2S. The zero-order valence-electron chi connectivity index (χ0n) is 17.8. The van der Waals surface area contributed by atoms with Gasteiger partial charge in [0, 0.05) is 12.2 Å². The van der Waals surface area contributed by atoms with Crippen LogP contribution in [0.2, 0.25) is 0 Å². The normalized spacial score (nSPS) is 11.6. The van der Waals surface area contributed by atoms with Crippen molar-refractivity contribution in [3.05, 3.63) is 94.6 Å². The van der Waals surface area contributed by atoms with Crippen LogP contribution in [0.3, 0.4) is 0 Å². The minimum Gasteiger partial charge on any atom is -0.489 e. The second kappa shape index (κ2) is 10.0. The lowest BCUT2D eigenvalue weighted by atomic mass is 10.1. The topological polar surface area (TPSA) is 89.0 Å². The molecule has 2 aromatic heterocycles. The molecule has 7 nitrogen and oxygen atoms in total. The first kappa shape index (κ1) is 21.5. The van der Waals surface area contributed by atoms with Gasteiger partial charge in [-0.2, -0.15) is 0 Å². The Kier molecular flexibility index (Phi) is 6.72. The summed E-state index contributed by atoms with van der Waals surface area (Å²) in [4.78, 5) is 16.6. The molecule has 4 aromatic rings. The molecule has 0 bridgehead atoms. The lowest BCUT2D eigenvalue weighted by molar-refractivity contribution is 0.102.